The topological polar surface area (TPSA) is 59.1 Å². The number of nitrogens with one attached hydrogen (secondary N) is 1. The molecule has 1 N–H and O–H groups in total. The molecule has 1 aromatic rings. The van der Waals surface area contributed by atoms with Gasteiger partial charge in [-0.25, -0.2) is 18.1 Å². The Bertz CT molecular complexity index is 444. The molecule has 0 aromatic carbocycles. The van der Waals surface area contributed by atoms with Gasteiger partial charge in [-0.15, -0.1) is 6.58 Å². The van der Waals surface area contributed by atoms with Gasteiger partial charge < -0.3 is 0 Å². The van der Waals surface area contributed by atoms with Gasteiger partial charge in [0, 0.05) is 18.1 Å². The number of hydrogen-bond acceptors (Lipinski definition) is 5. The zero-order valence-corrected chi connectivity index (χ0v) is 11.6. The fourth-order valence-corrected chi connectivity index (χ4v) is 3.93. The summed E-state index contributed by atoms with van der Waals surface area (Å²) in [6, 6.07) is 0. The van der Waals surface area contributed by atoms with E-state index >= 15 is 0 Å². The van der Waals surface area contributed by atoms with E-state index in [0.717, 1.165) is 17.1 Å². The summed E-state index contributed by atoms with van der Waals surface area (Å²) in [5, 5.41) is 0. The van der Waals surface area contributed by atoms with Gasteiger partial charge in [0.15, 0.2) is 8.68 Å². The predicted octanol–water partition coefficient (Wildman–Crippen LogP) is 1.99. The molecule has 16 heavy (non-hydrogen) atoms. The third kappa shape index (κ3) is 4.42. The summed E-state index contributed by atoms with van der Waals surface area (Å²) < 4.78 is 26.1. The summed E-state index contributed by atoms with van der Waals surface area (Å²) in [6.45, 7) is 3.96. The van der Waals surface area contributed by atoms with E-state index in [1.54, 1.807) is 17.8 Å². The van der Waals surface area contributed by atoms with Gasteiger partial charge in [0.25, 0.3) is 10.0 Å². The second-order valence-corrected chi connectivity index (χ2v) is 7.45. The molecule has 0 atom stereocenters. The van der Waals surface area contributed by atoms with E-state index in [4.69, 9.17) is 11.6 Å². The minimum atomic E-state index is -3.44. The van der Waals surface area contributed by atoms with Gasteiger partial charge in [-0.3, -0.25) is 0 Å². The maximum Gasteiger partial charge on any atom is 0.251 e. The van der Waals surface area contributed by atoms with Crippen LogP contribution in [0.25, 0.3) is 0 Å². The van der Waals surface area contributed by atoms with Crippen molar-refractivity contribution in [3.63, 3.8) is 0 Å². The van der Waals surface area contributed by atoms with Crippen molar-refractivity contribution in [3.8, 4) is 0 Å². The van der Waals surface area contributed by atoms with Crippen molar-refractivity contribution in [2.24, 2.45) is 0 Å². The Morgan fingerprint density at radius 1 is 1.69 bits per heavy atom. The largest absolute Gasteiger partial charge is 0.251 e. The molecule has 0 saturated heterocycles. The molecular formula is C8H11ClN2O2S3. The molecule has 1 rings (SSSR count). The molecule has 0 amide bonds. The van der Waals surface area contributed by atoms with Gasteiger partial charge in [-0.2, -0.15) is 11.8 Å². The monoisotopic (exact) mass is 298 g/mol. The van der Waals surface area contributed by atoms with Crippen molar-refractivity contribution in [1.29, 1.82) is 0 Å². The number of aromatic nitrogens is 1. The Labute approximate surface area is 108 Å². The van der Waals surface area contributed by atoms with E-state index in [1.807, 2.05) is 0 Å². The molecule has 8 heteroatoms. The normalized spacial score (nSPS) is 11.6. The second kappa shape index (κ2) is 6.61. The lowest BCUT2D eigenvalue weighted by Gasteiger charge is -2.02. The van der Waals surface area contributed by atoms with Crippen LogP contribution < -0.4 is 4.72 Å². The zero-order chi connectivity index (χ0) is 12.0. The van der Waals surface area contributed by atoms with Crippen LogP contribution in [0.2, 0.25) is 4.47 Å². The Kier molecular flexibility index (Phi) is 5.77. The molecule has 0 fully saturated rings. The first-order valence-corrected chi connectivity index (χ1v) is 8.19. The van der Waals surface area contributed by atoms with Crippen LogP contribution in [-0.2, 0) is 10.0 Å². The first-order chi connectivity index (χ1) is 7.56. The van der Waals surface area contributed by atoms with E-state index in [-0.39, 0.29) is 8.68 Å². The van der Waals surface area contributed by atoms with Crippen LogP contribution in [0.1, 0.15) is 0 Å². The minimum Gasteiger partial charge on any atom is -0.232 e. The number of halogens is 1. The van der Waals surface area contributed by atoms with Gasteiger partial charge in [0.05, 0.1) is 6.20 Å². The van der Waals surface area contributed by atoms with Crippen molar-refractivity contribution >= 4 is 44.7 Å². The van der Waals surface area contributed by atoms with Crippen LogP contribution in [0.3, 0.4) is 0 Å². The van der Waals surface area contributed by atoms with E-state index in [9.17, 15) is 8.42 Å². The van der Waals surface area contributed by atoms with E-state index in [1.165, 1.54) is 6.20 Å². The average molecular weight is 299 g/mol. The molecule has 0 unspecified atom stereocenters. The van der Waals surface area contributed by atoms with Gasteiger partial charge in [-0.05, 0) is 0 Å². The highest BCUT2D eigenvalue weighted by atomic mass is 35.5. The van der Waals surface area contributed by atoms with E-state index in [0.29, 0.717) is 12.3 Å². The highest BCUT2D eigenvalue weighted by Crippen LogP contribution is 2.21. The van der Waals surface area contributed by atoms with Crippen LogP contribution in [0.4, 0.5) is 0 Å². The predicted molar refractivity (Wildman–Crippen MR) is 69.8 cm³/mol. The molecule has 0 bridgehead atoms. The van der Waals surface area contributed by atoms with Crippen molar-refractivity contribution in [3.05, 3.63) is 23.3 Å². The molecule has 90 valence electrons. The second-order valence-electron chi connectivity index (χ2n) is 2.69. The Morgan fingerprint density at radius 2 is 2.44 bits per heavy atom. The number of rotatable bonds is 7. The fourth-order valence-electron chi connectivity index (χ4n) is 0.849. The fraction of sp³-hybridized carbons (Fsp3) is 0.375. The van der Waals surface area contributed by atoms with Crippen LogP contribution in [-0.4, -0.2) is 31.5 Å². The van der Waals surface area contributed by atoms with Crippen LogP contribution >= 0.6 is 34.7 Å². The van der Waals surface area contributed by atoms with Crippen molar-refractivity contribution in [1.82, 2.24) is 9.71 Å². The number of hydrogen-bond donors (Lipinski definition) is 1. The molecule has 1 heterocycles. The minimum absolute atomic E-state index is 0.145. The van der Waals surface area contributed by atoms with Gasteiger partial charge in [0.1, 0.15) is 0 Å². The number of nitrogens with zero attached hydrogens (tertiary/aromatic N) is 1. The highest BCUT2D eigenvalue weighted by Gasteiger charge is 2.16. The first kappa shape index (κ1) is 14.0. The molecule has 0 aliphatic heterocycles. The van der Waals surface area contributed by atoms with Gasteiger partial charge in [-0.1, -0.05) is 29.0 Å². The lowest BCUT2D eigenvalue weighted by atomic mass is 10.8. The van der Waals surface area contributed by atoms with Gasteiger partial charge in [0.2, 0.25) is 0 Å². The quantitative estimate of drug-likeness (QED) is 0.618. The Balaban J connectivity index is 2.44. The summed E-state index contributed by atoms with van der Waals surface area (Å²) in [5.74, 6) is 1.52. The highest BCUT2D eigenvalue weighted by molar-refractivity contribution is 7.99. The molecule has 0 aliphatic carbocycles. The van der Waals surface area contributed by atoms with Crippen molar-refractivity contribution < 1.29 is 8.42 Å². The Morgan fingerprint density at radius 3 is 3.00 bits per heavy atom. The molecule has 0 radical (unpaired) electrons. The third-order valence-electron chi connectivity index (χ3n) is 1.50. The number of sulfonamides is 1. The molecule has 4 nitrogen and oxygen atoms in total. The molecule has 0 saturated carbocycles. The molecule has 0 aliphatic rings. The molecular weight excluding hydrogens is 288 g/mol. The average Bonchev–Trinajstić information content (AvgIpc) is 2.65. The standard InChI is InChI=1S/C8H11ClN2O2S3/c1-2-4-14-5-3-11-16(12,13)7-6-10-8(9)15-7/h2,6,11H,1,3-5H2. The maximum atomic E-state index is 11.6. The lowest BCUT2D eigenvalue weighted by molar-refractivity contribution is 0.586. The number of thioether (sulfide) groups is 1. The summed E-state index contributed by atoms with van der Waals surface area (Å²) in [6.07, 6.45) is 3.04. The van der Waals surface area contributed by atoms with Crippen LogP contribution in [0.15, 0.2) is 23.1 Å². The van der Waals surface area contributed by atoms with Crippen LogP contribution in [0, 0.1) is 0 Å². The zero-order valence-electron chi connectivity index (χ0n) is 8.35. The molecule has 1 aromatic heterocycles. The van der Waals surface area contributed by atoms with E-state index in [2.05, 4.69) is 16.3 Å². The van der Waals surface area contributed by atoms with Crippen molar-refractivity contribution in [2.45, 2.75) is 4.21 Å². The smallest absolute Gasteiger partial charge is 0.232 e. The van der Waals surface area contributed by atoms with Crippen molar-refractivity contribution in [2.75, 3.05) is 18.1 Å². The maximum absolute atomic E-state index is 11.6. The van der Waals surface area contributed by atoms with Crippen LogP contribution in [0.5, 0.6) is 0 Å². The first-order valence-electron chi connectivity index (χ1n) is 4.36. The summed E-state index contributed by atoms with van der Waals surface area (Å²) in [5.41, 5.74) is 0. The summed E-state index contributed by atoms with van der Waals surface area (Å²) in [4.78, 5) is 3.69. The summed E-state index contributed by atoms with van der Waals surface area (Å²) >= 11 is 8.12. The van der Waals surface area contributed by atoms with E-state index < -0.39 is 10.0 Å². The van der Waals surface area contributed by atoms with Gasteiger partial charge >= 0.3 is 0 Å². The molecule has 0 spiro atoms. The SMILES string of the molecule is C=CCSCCNS(=O)(=O)c1cnc(Cl)s1. The summed E-state index contributed by atoms with van der Waals surface area (Å²) in [7, 11) is -3.44. The third-order valence-corrected chi connectivity index (χ3v) is 5.50. The Hall–Kier alpha value is -0.0800. The lowest BCUT2D eigenvalue weighted by Crippen LogP contribution is -2.25. The number of thiazole rings is 1.